The normalized spacial score (nSPS) is 12.1. The molecular formula is C12H19N3O2S2. The summed E-state index contributed by atoms with van der Waals surface area (Å²) >= 11 is 1.09. The highest BCUT2D eigenvalue weighted by atomic mass is 32.2. The van der Waals surface area contributed by atoms with Gasteiger partial charge in [0.15, 0.2) is 0 Å². The summed E-state index contributed by atoms with van der Waals surface area (Å²) in [5, 5.41) is 10.5. The highest BCUT2D eigenvalue weighted by Crippen LogP contribution is 2.15. The van der Waals surface area contributed by atoms with Crippen LogP contribution in [0.2, 0.25) is 0 Å². The van der Waals surface area contributed by atoms with Gasteiger partial charge in [-0.2, -0.15) is 0 Å². The van der Waals surface area contributed by atoms with Crippen molar-refractivity contribution in [1.29, 1.82) is 0 Å². The Balaban J connectivity index is 2.46. The van der Waals surface area contributed by atoms with Gasteiger partial charge in [-0.3, -0.25) is 9.00 Å². The number of aromatic nitrogens is 2. The van der Waals surface area contributed by atoms with Crippen molar-refractivity contribution < 1.29 is 9.00 Å². The summed E-state index contributed by atoms with van der Waals surface area (Å²) in [7, 11) is -1.14. The van der Waals surface area contributed by atoms with Crippen molar-refractivity contribution in [2.75, 3.05) is 12.3 Å². The maximum absolute atomic E-state index is 11.9. The van der Waals surface area contributed by atoms with E-state index in [-0.39, 0.29) is 10.9 Å². The van der Waals surface area contributed by atoms with E-state index in [1.54, 1.807) is 6.08 Å². The van der Waals surface area contributed by atoms with Crippen LogP contribution in [0.1, 0.15) is 42.4 Å². The zero-order valence-corrected chi connectivity index (χ0v) is 12.7. The molecule has 1 aromatic rings. The number of rotatable bonds is 9. The van der Waals surface area contributed by atoms with Crippen molar-refractivity contribution in [3.8, 4) is 0 Å². The molecule has 7 heteroatoms. The molecule has 0 radical (unpaired) electrons. The van der Waals surface area contributed by atoms with Crippen molar-refractivity contribution in [2.45, 2.75) is 36.9 Å². The van der Waals surface area contributed by atoms with Gasteiger partial charge in [0.1, 0.15) is 0 Å². The molecule has 0 bridgehead atoms. The number of carbonyl (C=O) groups excluding carboxylic acids is 1. The summed E-state index contributed by atoms with van der Waals surface area (Å²) in [5.74, 6) is 0.287. The number of amides is 1. The summed E-state index contributed by atoms with van der Waals surface area (Å²) < 4.78 is 12.4. The Kier molecular flexibility index (Phi) is 7.50. The third-order valence-electron chi connectivity index (χ3n) is 2.39. The fourth-order valence-electron chi connectivity index (χ4n) is 1.38. The van der Waals surface area contributed by atoms with Gasteiger partial charge in [-0.1, -0.05) is 43.6 Å². The average molecular weight is 301 g/mol. The lowest BCUT2D eigenvalue weighted by Crippen LogP contribution is -2.22. The number of hydrogen-bond donors (Lipinski definition) is 1. The first-order valence-electron chi connectivity index (χ1n) is 6.30. The van der Waals surface area contributed by atoms with Gasteiger partial charge < -0.3 is 5.32 Å². The van der Waals surface area contributed by atoms with Gasteiger partial charge in [0.05, 0.1) is 10.8 Å². The molecule has 5 nitrogen and oxygen atoms in total. The molecule has 0 saturated heterocycles. The van der Waals surface area contributed by atoms with Crippen molar-refractivity contribution in [3.05, 3.63) is 17.7 Å². The summed E-state index contributed by atoms with van der Waals surface area (Å²) in [6.07, 6.45) is 5.89. The fraction of sp³-hybridized carbons (Fsp3) is 0.583. The van der Waals surface area contributed by atoms with Crippen LogP contribution in [0.4, 0.5) is 0 Å². The monoisotopic (exact) mass is 301 g/mol. The van der Waals surface area contributed by atoms with Crippen LogP contribution in [0.5, 0.6) is 0 Å². The number of nitrogens with one attached hydrogen (secondary N) is 1. The van der Waals surface area contributed by atoms with Gasteiger partial charge >= 0.3 is 0 Å². The number of nitrogens with zero attached hydrogens (tertiary/aromatic N) is 2. The maximum atomic E-state index is 11.9. The molecule has 0 aliphatic rings. The molecular weight excluding hydrogens is 282 g/mol. The van der Waals surface area contributed by atoms with E-state index >= 15 is 0 Å². The van der Waals surface area contributed by atoms with Gasteiger partial charge in [0.2, 0.25) is 9.35 Å². The lowest BCUT2D eigenvalue weighted by molar-refractivity contribution is 0.0957. The largest absolute Gasteiger partial charge is 0.346 e. The topological polar surface area (TPSA) is 72.0 Å². The zero-order valence-electron chi connectivity index (χ0n) is 11.1. The number of hydrogen-bond acceptors (Lipinski definition) is 5. The average Bonchev–Trinajstić information content (AvgIpc) is 2.90. The molecule has 0 saturated carbocycles. The van der Waals surface area contributed by atoms with Crippen molar-refractivity contribution in [1.82, 2.24) is 15.5 Å². The number of carbonyl (C=O) groups is 1. The van der Waals surface area contributed by atoms with E-state index in [4.69, 9.17) is 0 Å². The molecule has 1 atom stereocenters. The van der Waals surface area contributed by atoms with E-state index in [1.807, 2.05) is 0 Å². The minimum atomic E-state index is -1.14. The molecule has 0 aromatic carbocycles. The first-order valence-corrected chi connectivity index (χ1v) is 8.43. The van der Waals surface area contributed by atoms with Crippen molar-refractivity contribution >= 4 is 28.0 Å². The van der Waals surface area contributed by atoms with Crippen LogP contribution in [-0.2, 0) is 10.8 Å². The van der Waals surface area contributed by atoms with Crippen molar-refractivity contribution in [3.63, 3.8) is 0 Å². The lowest BCUT2D eigenvalue weighted by atomic mass is 10.2. The zero-order chi connectivity index (χ0) is 14.1. The predicted octanol–water partition coefficient (Wildman–Crippen LogP) is 2.14. The standard InChI is InChI=1S/C12H19N3O2S2/c1-3-5-6-7-9-19(17)12-15-14-11(18-12)10(16)13-8-4-2/h4H,2-3,5-9H2,1H3,(H,13,16). The van der Waals surface area contributed by atoms with Crippen LogP contribution >= 0.6 is 11.3 Å². The molecule has 1 rings (SSSR count). The SMILES string of the molecule is C=CCNC(=O)c1nnc(S(=O)CCCCCC)s1. The van der Waals surface area contributed by atoms with E-state index in [0.29, 0.717) is 16.6 Å². The Morgan fingerprint density at radius 1 is 1.42 bits per heavy atom. The molecule has 0 aliphatic heterocycles. The third-order valence-corrected chi connectivity index (χ3v) is 5.04. The Morgan fingerprint density at radius 3 is 2.89 bits per heavy atom. The molecule has 1 aromatic heterocycles. The molecule has 1 heterocycles. The molecule has 1 unspecified atom stereocenters. The van der Waals surface area contributed by atoms with Gasteiger partial charge in [-0.05, 0) is 6.42 Å². The van der Waals surface area contributed by atoms with E-state index in [9.17, 15) is 9.00 Å². The van der Waals surface area contributed by atoms with Crippen molar-refractivity contribution in [2.24, 2.45) is 0 Å². The number of unbranched alkanes of at least 4 members (excludes halogenated alkanes) is 3. The van der Waals surface area contributed by atoms with E-state index in [2.05, 4.69) is 29.0 Å². The first kappa shape index (κ1) is 16.0. The second-order valence-corrected chi connectivity index (χ2v) is 6.70. The van der Waals surface area contributed by atoms with Crippen LogP contribution < -0.4 is 5.32 Å². The minimum absolute atomic E-state index is 0.249. The summed E-state index contributed by atoms with van der Waals surface area (Å²) in [5.41, 5.74) is 0. The van der Waals surface area contributed by atoms with Gasteiger partial charge in [-0.25, -0.2) is 0 Å². The predicted molar refractivity (Wildman–Crippen MR) is 77.9 cm³/mol. The van der Waals surface area contributed by atoms with Crippen LogP contribution in [0, 0.1) is 0 Å². The first-order chi connectivity index (χ1) is 9.19. The fourth-order valence-corrected chi connectivity index (χ4v) is 3.51. The molecule has 0 fully saturated rings. The van der Waals surface area contributed by atoms with Crippen LogP contribution in [0.3, 0.4) is 0 Å². The van der Waals surface area contributed by atoms with Crippen LogP contribution in [-0.4, -0.2) is 32.6 Å². The summed E-state index contributed by atoms with van der Waals surface area (Å²) in [6.45, 7) is 6.03. The quantitative estimate of drug-likeness (QED) is 0.560. The Labute approximate surface area is 120 Å². The third kappa shape index (κ3) is 5.61. The highest BCUT2D eigenvalue weighted by molar-refractivity contribution is 7.87. The summed E-state index contributed by atoms with van der Waals surface area (Å²) in [4.78, 5) is 11.6. The Bertz CT molecular complexity index is 446. The second kappa shape index (κ2) is 8.92. The van der Waals surface area contributed by atoms with Crippen LogP contribution in [0.25, 0.3) is 0 Å². The highest BCUT2D eigenvalue weighted by Gasteiger charge is 2.15. The molecule has 19 heavy (non-hydrogen) atoms. The smallest absolute Gasteiger partial charge is 0.282 e. The van der Waals surface area contributed by atoms with E-state index in [1.165, 1.54) is 0 Å². The van der Waals surface area contributed by atoms with E-state index in [0.717, 1.165) is 37.0 Å². The van der Waals surface area contributed by atoms with Gasteiger partial charge in [0.25, 0.3) is 5.91 Å². The van der Waals surface area contributed by atoms with Gasteiger partial charge in [-0.15, -0.1) is 16.8 Å². The Hall–Kier alpha value is -1.08. The van der Waals surface area contributed by atoms with E-state index < -0.39 is 10.8 Å². The minimum Gasteiger partial charge on any atom is -0.346 e. The maximum Gasteiger partial charge on any atom is 0.282 e. The van der Waals surface area contributed by atoms with Crippen LogP contribution in [0.15, 0.2) is 17.0 Å². The summed E-state index contributed by atoms with van der Waals surface area (Å²) in [6, 6.07) is 0. The van der Waals surface area contributed by atoms with Gasteiger partial charge in [0, 0.05) is 12.3 Å². The second-order valence-electron chi connectivity index (χ2n) is 3.98. The molecule has 0 aliphatic carbocycles. The molecule has 0 spiro atoms. The Morgan fingerprint density at radius 2 is 2.21 bits per heavy atom. The molecule has 106 valence electrons. The lowest BCUT2D eigenvalue weighted by Gasteiger charge is -1.97. The molecule has 1 amide bonds. The molecule has 1 N–H and O–H groups in total.